The molecule has 1 unspecified atom stereocenters. The van der Waals surface area contributed by atoms with Crippen LogP contribution in [0.2, 0.25) is 0 Å². The molecule has 2 rings (SSSR count). The average molecular weight is 347 g/mol. The van der Waals surface area contributed by atoms with Crippen molar-refractivity contribution in [1.82, 2.24) is 14.9 Å². The van der Waals surface area contributed by atoms with Gasteiger partial charge in [-0.25, -0.2) is 4.98 Å². The lowest BCUT2D eigenvalue weighted by atomic mass is 10.2. The molecule has 1 aliphatic rings. The Morgan fingerprint density at radius 3 is 2.92 bits per heavy atom. The molecule has 1 aromatic rings. The van der Waals surface area contributed by atoms with Crippen LogP contribution in [0.25, 0.3) is 0 Å². The second-order valence-electron chi connectivity index (χ2n) is 6.71. The van der Waals surface area contributed by atoms with Crippen molar-refractivity contribution in [1.29, 1.82) is 0 Å². The fourth-order valence-corrected chi connectivity index (χ4v) is 2.72. The first-order chi connectivity index (χ1) is 11.9. The van der Waals surface area contributed by atoms with Crippen molar-refractivity contribution >= 4 is 5.91 Å². The van der Waals surface area contributed by atoms with Gasteiger partial charge >= 0.3 is 0 Å². The summed E-state index contributed by atoms with van der Waals surface area (Å²) in [4.78, 5) is 23.1. The Balaban J connectivity index is 1.95. The summed E-state index contributed by atoms with van der Waals surface area (Å²) in [5.74, 6) is 1.66. The molecule has 138 valence electrons. The molecule has 0 bridgehead atoms. The van der Waals surface area contributed by atoms with E-state index in [4.69, 9.17) is 9.47 Å². The number of carbonyl (C=O) groups is 1. The lowest BCUT2D eigenvalue weighted by molar-refractivity contribution is -0.135. The van der Waals surface area contributed by atoms with Gasteiger partial charge in [-0.15, -0.1) is 0 Å². The van der Waals surface area contributed by atoms with Crippen LogP contribution in [0.15, 0.2) is 17.7 Å². The van der Waals surface area contributed by atoms with Crippen molar-refractivity contribution in [3.8, 4) is 5.88 Å². The van der Waals surface area contributed by atoms with Crippen LogP contribution in [0, 0.1) is 6.92 Å². The highest BCUT2D eigenvalue weighted by molar-refractivity contribution is 5.92. The fraction of sp³-hybridized carbons (Fsp3) is 0.632. The average Bonchev–Trinajstić information content (AvgIpc) is 2.59. The highest BCUT2D eigenvalue weighted by Crippen LogP contribution is 2.16. The van der Waals surface area contributed by atoms with E-state index in [1.165, 1.54) is 0 Å². The smallest absolute Gasteiger partial charge is 0.249 e. The highest BCUT2D eigenvalue weighted by atomic mass is 16.5. The number of amides is 1. The molecular weight excluding hydrogens is 318 g/mol. The second kappa shape index (κ2) is 8.94. The summed E-state index contributed by atoms with van der Waals surface area (Å²) in [6.07, 6.45) is 2.67. The standard InChI is InChI=1S/C19H29N3O3/c1-6-7-14(4)19(23)22-8-9-24-16(11-22)12-25-17-10-15(5)20-18(21-17)13(2)3/h7,10,13,16H,6,8-9,11-12H2,1-5H3. The van der Waals surface area contributed by atoms with Gasteiger partial charge in [0, 0.05) is 29.8 Å². The topological polar surface area (TPSA) is 64.6 Å². The van der Waals surface area contributed by atoms with Crippen LogP contribution >= 0.6 is 0 Å². The molecule has 0 aliphatic carbocycles. The number of aromatic nitrogens is 2. The van der Waals surface area contributed by atoms with Crippen LogP contribution in [0.5, 0.6) is 5.88 Å². The summed E-state index contributed by atoms with van der Waals surface area (Å²) in [5, 5.41) is 0. The van der Waals surface area contributed by atoms with Gasteiger partial charge in [-0.3, -0.25) is 4.79 Å². The van der Waals surface area contributed by atoms with E-state index in [-0.39, 0.29) is 17.9 Å². The second-order valence-corrected chi connectivity index (χ2v) is 6.71. The van der Waals surface area contributed by atoms with E-state index in [0.717, 1.165) is 23.5 Å². The molecule has 1 fully saturated rings. The number of hydrogen-bond donors (Lipinski definition) is 0. The van der Waals surface area contributed by atoms with Gasteiger partial charge in [0.25, 0.3) is 0 Å². The van der Waals surface area contributed by atoms with E-state index >= 15 is 0 Å². The number of morpholine rings is 1. The molecule has 1 atom stereocenters. The number of carbonyl (C=O) groups excluding carboxylic acids is 1. The monoisotopic (exact) mass is 347 g/mol. The maximum atomic E-state index is 12.4. The van der Waals surface area contributed by atoms with Crippen LogP contribution in [-0.4, -0.2) is 53.2 Å². The van der Waals surface area contributed by atoms with Gasteiger partial charge in [0.2, 0.25) is 11.8 Å². The Labute approximate surface area is 150 Å². The SMILES string of the molecule is CCC=C(C)C(=O)N1CCOC(COc2cc(C)nc(C(C)C)n2)C1. The number of allylic oxidation sites excluding steroid dienone is 1. The first-order valence-electron chi connectivity index (χ1n) is 8.96. The molecule has 6 heteroatoms. The van der Waals surface area contributed by atoms with Crippen molar-refractivity contribution < 1.29 is 14.3 Å². The molecule has 2 heterocycles. The number of aryl methyl sites for hydroxylation is 1. The third kappa shape index (κ3) is 5.53. The normalized spacial score (nSPS) is 18.6. The van der Waals surface area contributed by atoms with E-state index < -0.39 is 0 Å². The molecule has 1 aliphatic heterocycles. The van der Waals surface area contributed by atoms with E-state index in [9.17, 15) is 4.79 Å². The number of rotatable bonds is 6. The van der Waals surface area contributed by atoms with Crippen molar-refractivity contribution in [2.45, 2.75) is 53.1 Å². The lowest BCUT2D eigenvalue weighted by Gasteiger charge is -2.33. The van der Waals surface area contributed by atoms with Crippen LogP contribution in [-0.2, 0) is 9.53 Å². The van der Waals surface area contributed by atoms with Crippen LogP contribution in [0.3, 0.4) is 0 Å². The van der Waals surface area contributed by atoms with Gasteiger partial charge in [-0.05, 0) is 20.3 Å². The third-order valence-corrected chi connectivity index (χ3v) is 4.06. The molecule has 0 radical (unpaired) electrons. The van der Waals surface area contributed by atoms with Crippen molar-refractivity contribution in [3.05, 3.63) is 29.2 Å². The van der Waals surface area contributed by atoms with Crippen molar-refractivity contribution in [3.63, 3.8) is 0 Å². The molecular formula is C19H29N3O3. The summed E-state index contributed by atoms with van der Waals surface area (Å²) in [5.41, 5.74) is 1.67. The lowest BCUT2D eigenvalue weighted by Crippen LogP contribution is -2.47. The largest absolute Gasteiger partial charge is 0.475 e. The molecule has 6 nitrogen and oxygen atoms in total. The summed E-state index contributed by atoms with van der Waals surface area (Å²) >= 11 is 0. The summed E-state index contributed by atoms with van der Waals surface area (Å²) in [7, 11) is 0. The van der Waals surface area contributed by atoms with Crippen molar-refractivity contribution in [2.75, 3.05) is 26.3 Å². The zero-order chi connectivity index (χ0) is 18.4. The van der Waals surface area contributed by atoms with Gasteiger partial charge < -0.3 is 14.4 Å². The minimum Gasteiger partial charge on any atom is -0.475 e. The van der Waals surface area contributed by atoms with Gasteiger partial charge in [0.1, 0.15) is 18.5 Å². The molecule has 1 aromatic heterocycles. The fourth-order valence-electron chi connectivity index (χ4n) is 2.72. The summed E-state index contributed by atoms with van der Waals surface area (Å²) < 4.78 is 11.6. The minimum absolute atomic E-state index is 0.0788. The molecule has 1 amide bonds. The molecule has 0 aromatic carbocycles. The van der Waals surface area contributed by atoms with Crippen LogP contribution in [0.1, 0.15) is 51.6 Å². The maximum absolute atomic E-state index is 12.4. The zero-order valence-electron chi connectivity index (χ0n) is 15.9. The predicted molar refractivity (Wildman–Crippen MR) is 96.7 cm³/mol. The Morgan fingerprint density at radius 2 is 2.24 bits per heavy atom. The Kier molecular flexibility index (Phi) is 6.93. The van der Waals surface area contributed by atoms with Gasteiger partial charge in [-0.2, -0.15) is 4.98 Å². The Morgan fingerprint density at radius 1 is 1.48 bits per heavy atom. The van der Waals surface area contributed by atoms with Crippen molar-refractivity contribution in [2.24, 2.45) is 0 Å². The number of hydrogen-bond acceptors (Lipinski definition) is 5. The number of ether oxygens (including phenoxy) is 2. The Bertz CT molecular complexity index is 628. The predicted octanol–water partition coefficient (Wildman–Crippen LogP) is 2.87. The highest BCUT2D eigenvalue weighted by Gasteiger charge is 2.25. The first kappa shape index (κ1) is 19.4. The Hall–Kier alpha value is -1.95. The third-order valence-electron chi connectivity index (χ3n) is 4.06. The first-order valence-corrected chi connectivity index (χ1v) is 8.96. The van der Waals surface area contributed by atoms with Gasteiger partial charge in [-0.1, -0.05) is 26.8 Å². The minimum atomic E-state index is -0.148. The van der Waals surface area contributed by atoms with Crippen LogP contribution in [0.4, 0.5) is 0 Å². The molecule has 0 saturated carbocycles. The quantitative estimate of drug-likeness (QED) is 0.741. The number of nitrogens with zero attached hydrogens (tertiary/aromatic N) is 3. The van der Waals surface area contributed by atoms with E-state index in [0.29, 0.717) is 32.2 Å². The zero-order valence-corrected chi connectivity index (χ0v) is 15.9. The molecule has 0 spiro atoms. The van der Waals surface area contributed by atoms with E-state index in [2.05, 4.69) is 23.8 Å². The van der Waals surface area contributed by atoms with Gasteiger partial charge in [0.15, 0.2) is 0 Å². The molecule has 0 N–H and O–H groups in total. The molecule has 1 saturated heterocycles. The summed E-state index contributed by atoms with van der Waals surface area (Å²) in [6.45, 7) is 12.0. The van der Waals surface area contributed by atoms with E-state index in [1.54, 1.807) is 0 Å². The summed E-state index contributed by atoms with van der Waals surface area (Å²) in [6, 6.07) is 1.83. The maximum Gasteiger partial charge on any atom is 0.249 e. The van der Waals surface area contributed by atoms with E-state index in [1.807, 2.05) is 37.8 Å². The van der Waals surface area contributed by atoms with Crippen LogP contribution < -0.4 is 4.74 Å². The van der Waals surface area contributed by atoms with Gasteiger partial charge in [0.05, 0.1) is 13.2 Å². The molecule has 25 heavy (non-hydrogen) atoms.